The first kappa shape index (κ1) is 22.0. The highest BCUT2D eigenvalue weighted by Gasteiger charge is 2.30. The molecule has 162 valence electrons. The van der Waals surface area contributed by atoms with Crippen molar-refractivity contribution in [1.29, 1.82) is 0 Å². The van der Waals surface area contributed by atoms with Gasteiger partial charge in [-0.05, 0) is 25.3 Å². The fourth-order valence-corrected chi connectivity index (χ4v) is 3.88. The number of fused-ring (bicyclic) bond motifs is 1. The molecule has 0 fully saturated rings. The summed E-state index contributed by atoms with van der Waals surface area (Å²) >= 11 is 0. The molecule has 0 aliphatic carbocycles. The number of carbonyl (C=O) groups is 1. The predicted octanol–water partition coefficient (Wildman–Crippen LogP) is 1.81. The van der Waals surface area contributed by atoms with E-state index in [0.717, 1.165) is 11.8 Å². The third kappa shape index (κ3) is 5.28. The highest BCUT2D eigenvalue weighted by atomic mass is 32.2. The van der Waals surface area contributed by atoms with Gasteiger partial charge >= 0.3 is 0 Å². The molecule has 1 aromatic heterocycles. The van der Waals surface area contributed by atoms with E-state index < -0.39 is 10.1 Å². The first-order valence-electron chi connectivity index (χ1n) is 9.87. The average molecular weight is 435 g/mol. The number of likely N-dealkylation sites (N-methyl/N-ethyl adjacent to an activating group) is 1. The first-order chi connectivity index (χ1) is 14.3. The summed E-state index contributed by atoms with van der Waals surface area (Å²) < 4.78 is 34.7. The molecule has 0 saturated carbocycles. The van der Waals surface area contributed by atoms with Crippen molar-refractivity contribution in [1.82, 2.24) is 9.47 Å². The van der Waals surface area contributed by atoms with E-state index >= 15 is 0 Å². The van der Waals surface area contributed by atoms with Crippen LogP contribution in [-0.2, 0) is 33.9 Å². The van der Waals surface area contributed by atoms with Crippen LogP contribution in [0.15, 0.2) is 41.2 Å². The molecule has 1 aromatic carbocycles. The summed E-state index contributed by atoms with van der Waals surface area (Å²) in [6, 6.07) is 10.9. The molecule has 0 radical (unpaired) electrons. The maximum Gasteiger partial charge on any atom is 0.274 e. The van der Waals surface area contributed by atoms with Crippen LogP contribution in [-0.4, -0.2) is 49.7 Å². The molecule has 0 atom stereocenters. The third-order valence-corrected chi connectivity index (χ3v) is 5.51. The Kier molecular flexibility index (Phi) is 6.94. The second-order valence-electron chi connectivity index (χ2n) is 7.12. The van der Waals surface area contributed by atoms with Crippen molar-refractivity contribution in [3.05, 3.63) is 63.6 Å². The van der Waals surface area contributed by atoms with Crippen LogP contribution in [0.4, 0.5) is 0 Å². The van der Waals surface area contributed by atoms with Crippen molar-refractivity contribution in [3.63, 3.8) is 0 Å². The number of hydrogen-bond donors (Lipinski definition) is 0. The molecule has 2 heterocycles. The van der Waals surface area contributed by atoms with Crippen LogP contribution >= 0.6 is 0 Å². The lowest BCUT2D eigenvalue weighted by Crippen LogP contribution is -2.42. The summed E-state index contributed by atoms with van der Waals surface area (Å²) in [5.74, 6) is -0.184. The lowest BCUT2D eigenvalue weighted by molar-refractivity contribution is 0.0702. The number of nitrogens with zero attached hydrogens (tertiary/aromatic N) is 2. The molecule has 2 aromatic rings. The van der Waals surface area contributed by atoms with Crippen LogP contribution in [0, 0.1) is 0 Å². The zero-order valence-corrected chi connectivity index (χ0v) is 18.0. The largest absolute Gasteiger partial charge is 0.483 e. The van der Waals surface area contributed by atoms with Gasteiger partial charge in [0.2, 0.25) is 5.43 Å². The molecule has 0 bridgehead atoms. The number of aromatic nitrogens is 1. The number of hydrogen-bond acceptors (Lipinski definition) is 6. The molecule has 1 aliphatic rings. The highest BCUT2D eigenvalue weighted by Crippen LogP contribution is 2.24. The predicted molar refractivity (Wildman–Crippen MR) is 112 cm³/mol. The molecule has 30 heavy (non-hydrogen) atoms. The highest BCUT2D eigenvalue weighted by molar-refractivity contribution is 7.85. The summed E-state index contributed by atoms with van der Waals surface area (Å²) in [6.07, 6.45) is 1.81. The summed E-state index contributed by atoms with van der Waals surface area (Å²) in [4.78, 5) is 27.5. The minimum absolute atomic E-state index is 0.0175. The normalized spacial score (nSPS) is 13.9. The van der Waals surface area contributed by atoms with E-state index in [1.807, 2.05) is 41.8 Å². The Hall–Kier alpha value is -2.65. The van der Waals surface area contributed by atoms with Crippen LogP contribution in [0.1, 0.15) is 35.1 Å². The van der Waals surface area contributed by atoms with Crippen LogP contribution in [0.3, 0.4) is 0 Å². The number of ether oxygens (including phenoxy) is 1. The fourth-order valence-electron chi connectivity index (χ4n) is 3.46. The second-order valence-corrected chi connectivity index (χ2v) is 8.76. The van der Waals surface area contributed by atoms with Gasteiger partial charge < -0.3 is 14.2 Å². The third-order valence-electron chi connectivity index (χ3n) is 4.92. The number of rotatable bonds is 9. The van der Waals surface area contributed by atoms with Crippen LogP contribution in [0.25, 0.3) is 0 Å². The zero-order chi connectivity index (χ0) is 21.7. The molecule has 9 heteroatoms. The molecule has 0 saturated heterocycles. The molecule has 8 nitrogen and oxygen atoms in total. The van der Waals surface area contributed by atoms with Gasteiger partial charge in [0, 0.05) is 31.4 Å². The number of benzene rings is 1. The summed E-state index contributed by atoms with van der Waals surface area (Å²) in [5, 5.41) is 0. The summed E-state index contributed by atoms with van der Waals surface area (Å²) in [5.41, 5.74) is 1.46. The lowest BCUT2D eigenvalue weighted by Gasteiger charge is -2.31. The van der Waals surface area contributed by atoms with Gasteiger partial charge in [0.25, 0.3) is 16.0 Å². The van der Waals surface area contributed by atoms with Gasteiger partial charge in [0.05, 0.1) is 12.9 Å². The number of pyridine rings is 1. The maximum atomic E-state index is 13.0. The fraction of sp³-hybridized carbons (Fsp3) is 0.429. The van der Waals surface area contributed by atoms with E-state index in [2.05, 4.69) is 0 Å². The Balaban J connectivity index is 1.89. The van der Waals surface area contributed by atoms with E-state index in [1.54, 1.807) is 4.90 Å². The van der Waals surface area contributed by atoms with Crippen molar-refractivity contribution in [3.8, 4) is 5.75 Å². The first-order valence-corrected chi connectivity index (χ1v) is 11.7. The Morgan fingerprint density at radius 2 is 1.83 bits per heavy atom. The van der Waals surface area contributed by atoms with Crippen molar-refractivity contribution >= 4 is 16.0 Å². The van der Waals surface area contributed by atoms with Crippen molar-refractivity contribution in [2.45, 2.75) is 32.9 Å². The van der Waals surface area contributed by atoms with Gasteiger partial charge in [-0.15, -0.1) is 0 Å². The van der Waals surface area contributed by atoms with E-state index in [1.165, 1.54) is 6.07 Å². The minimum atomic E-state index is -3.51. The van der Waals surface area contributed by atoms with Gasteiger partial charge in [-0.1, -0.05) is 30.3 Å². The smallest absolute Gasteiger partial charge is 0.274 e. The Labute approximate surface area is 176 Å². The summed E-state index contributed by atoms with van der Waals surface area (Å²) in [7, 11) is -3.51. The van der Waals surface area contributed by atoms with E-state index in [9.17, 15) is 18.0 Å². The van der Waals surface area contributed by atoms with Crippen LogP contribution < -0.4 is 10.2 Å². The molecular weight excluding hydrogens is 408 g/mol. The Bertz CT molecular complexity index is 1060. The van der Waals surface area contributed by atoms with Gasteiger partial charge in [-0.2, -0.15) is 8.42 Å². The maximum absolute atomic E-state index is 13.0. The van der Waals surface area contributed by atoms with Gasteiger partial charge in [0.1, 0.15) is 6.61 Å². The molecule has 0 unspecified atom stereocenters. The molecule has 1 amide bonds. The van der Waals surface area contributed by atoms with Crippen molar-refractivity contribution in [2.24, 2.45) is 0 Å². The van der Waals surface area contributed by atoms with Crippen LogP contribution in [0.5, 0.6) is 5.75 Å². The zero-order valence-electron chi connectivity index (χ0n) is 17.2. The van der Waals surface area contributed by atoms with Gasteiger partial charge in [-0.25, -0.2) is 0 Å². The average Bonchev–Trinajstić information content (AvgIpc) is 2.71. The standard InChI is InChI=1S/C21H26N2O6S/c1-3-22-11-12-23-17(10-7-13-29-30(2,26)27)14-18(24)20(19(23)21(22)25)28-15-16-8-5-4-6-9-16/h4-6,8-9,14H,3,7,10-13,15H2,1-2H3. The second kappa shape index (κ2) is 9.44. The van der Waals surface area contributed by atoms with Gasteiger partial charge in [0.15, 0.2) is 11.4 Å². The van der Waals surface area contributed by atoms with Crippen molar-refractivity contribution < 1.29 is 22.1 Å². The summed E-state index contributed by atoms with van der Waals surface area (Å²) in [6.45, 7) is 3.71. The van der Waals surface area contributed by atoms with E-state index in [4.69, 9.17) is 8.92 Å². The Morgan fingerprint density at radius 3 is 2.50 bits per heavy atom. The quantitative estimate of drug-likeness (QED) is 0.441. The molecule has 1 aliphatic heterocycles. The molecule has 3 rings (SSSR count). The topological polar surface area (TPSA) is 94.9 Å². The van der Waals surface area contributed by atoms with E-state index in [-0.39, 0.29) is 36.0 Å². The molecular formula is C21H26N2O6S. The minimum Gasteiger partial charge on any atom is -0.483 e. The monoisotopic (exact) mass is 434 g/mol. The van der Waals surface area contributed by atoms with E-state index in [0.29, 0.717) is 38.2 Å². The Morgan fingerprint density at radius 1 is 1.10 bits per heavy atom. The van der Waals surface area contributed by atoms with Gasteiger partial charge in [-0.3, -0.25) is 13.8 Å². The SMILES string of the molecule is CCN1CCn2c(CCCOS(C)(=O)=O)cc(=O)c(OCc3ccccc3)c2C1=O. The van der Waals surface area contributed by atoms with Crippen LogP contribution in [0.2, 0.25) is 0 Å². The number of carbonyl (C=O) groups excluding carboxylic acids is 1. The number of aryl methyl sites for hydroxylation is 1. The number of amides is 1. The molecule has 0 spiro atoms. The lowest BCUT2D eigenvalue weighted by atomic mass is 10.1. The van der Waals surface area contributed by atoms with Crippen molar-refractivity contribution in [2.75, 3.05) is 26.0 Å². The molecule has 0 N–H and O–H groups in total.